The Hall–Kier alpha value is -2.48. The van der Waals surface area contributed by atoms with Crippen LogP contribution in [0.25, 0.3) is 6.08 Å². The predicted molar refractivity (Wildman–Crippen MR) is 55.4 cm³/mol. The van der Waals surface area contributed by atoms with Gasteiger partial charge in [0.15, 0.2) is 11.5 Å². The zero-order valence-corrected chi connectivity index (χ0v) is 8.51. The average molecular weight is 219 g/mol. The van der Waals surface area contributed by atoms with E-state index < -0.39 is 5.97 Å². The minimum Gasteiger partial charge on any atom is -0.504 e. The Morgan fingerprint density at radius 3 is 2.94 bits per heavy atom. The largest absolute Gasteiger partial charge is 0.504 e. The summed E-state index contributed by atoms with van der Waals surface area (Å²) in [5, 5.41) is 17.4. The lowest BCUT2D eigenvalue weighted by molar-refractivity contribution is -0.131. The Labute approximate surface area is 92.1 Å². The first kappa shape index (κ1) is 11.6. The lowest BCUT2D eigenvalue weighted by Gasteiger charge is -2.03. The molecule has 0 aromatic heterocycles. The molecule has 1 rings (SSSR count). The molecule has 5 heteroatoms. The van der Waals surface area contributed by atoms with Crippen molar-refractivity contribution in [1.29, 1.82) is 5.26 Å². The number of phenolic OH excluding ortho intramolecular Hbond substituents is 1. The third kappa shape index (κ3) is 3.03. The van der Waals surface area contributed by atoms with Crippen LogP contribution in [0.1, 0.15) is 5.56 Å². The molecule has 1 aromatic carbocycles. The normalized spacial score (nSPS) is 9.75. The molecule has 0 bridgehead atoms. The maximum absolute atomic E-state index is 10.8. The molecule has 0 heterocycles. The summed E-state index contributed by atoms with van der Waals surface area (Å²) in [5.74, 6) is -0.440. The summed E-state index contributed by atoms with van der Waals surface area (Å²) >= 11 is 0. The summed E-state index contributed by atoms with van der Waals surface area (Å²) in [6, 6.07) is 4.58. The molecule has 0 aliphatic heterocycles. The Morgan fingerprint density at radius 1 is 1.56 bits per heavy atom. The summed E-state index contributed by atoms with van der Waals surface area (Å²) in [4.78, 5) is 10.8. The molecule has 0 aliphatic carbocycles. The molecule has 5 nitrogen and oxygen atoms in total. The highest BCUT2D eigenvalue weighted by Crippen LogP contribution is 2.26. The van der Waals surface area contributed by atoms with E-state index in [1.807, 2.05) is 0 Å². The fourth-order valence-corrected chi connectivity index (χ4v) is 1.04. The number of hydrogen-bond donors (Lipinski definition) is 1. The predicted octanol–water partition coefficient (Wildman–Crippen LogP) is 1.44. The lowest BCUT2D eigenvalue weighted by Crippen LogP contribution is -1.93. The Balaban J connectivity index is 2.83. The second kappa shape index (κ2) is 5.41. The Morgan fingerprint density at radius 2 is 2.31 bits per heavy atom. The van der Waals surface area contributed by atoms with Crippen molar-refractivity contribution in [2.75, 3.05) is 7.11 Å². The van der Waals surface area contributed by atoms with Crippen LogP contribution in [0.5, 0.6) is 11.5 Å². The van der Waals surface area contributed by atoms with Crippen LogP contribution in [0.2, 0.25) is 0 Å². The monoisotopic (exact) mass is 219 g/mol. The molecule has 0 fully saturated rings. The molecule has 0 spiro atoms. The quantitative estimate of drug-likeness (QED) is 0.472. The van der Waals surface area contributed by atoms with Gasteiger partial charge in [0.1, 0.15) is 0 Å². The first-order valence-corrected chi connectivity index (χ1v) is 4.32. The molecule has 0 atom stereocenters. The maximum atomic E-state index is 10.8. The molecule has 82 valence electrons. The highest BCUT2D eigenvalue weighted by atomic mass is 16.5. The molecular weight excluding hydrogens is 210 g/mol. The second-order valence-electron chi connectivity index (χ2n) is 2.78. The van der Waals surface area contributed by atoms with Crippen molar-refractivity contribution < 1.29 is 19.4 Å². The number of nitrogens with zero attached hydrogens (tertiary/aromatic N) is 1. The van der Waals surface area contributed by atoms with Gasteiger partial charge in [-0.15, -0.1) is 5.26 Å². The van der Waals surface area contributed by atoms with E-state index in [-0.39, 0.29) is 5.75 Å². The summed E-state index contributed by atoms with van der Waals surface area (Å²) in [6.45, 7) is 0. The van der Waals surface area contributed by atoms with Crippen molar-refractivity contribution in [3.63, 3.8) is 0 Å². The van der Waals surface area contributed by atoms with Crippen molar-refractivity contribution in [1.82, 2.24) is 0 Å². The molecule has 0 aliphatic rings. The van der Waals surface area contributed by atoms with Gasteiger partial charge < -0.3 is 14.6 Å². The number of aromatic hydroxyl groups is 1. The topological polar surface area (TPSA) is 79.5 Å². The molecule has 0 amide bonds. The van der Waals surface area contributed by atoms with E-state index in [0.29, 0.717) is 11.3 Å². The molecule has 1 N–H and O–H groups in total. The number of phenols is 1. The highest BCUT2D eigenvalue weighted by molar-refractivity contribution is 5.87. The van der Waals surface area contributed by atoms with E-state index in [0.717, 1.165) is 6.08 Å². The zero-order chi connectivity index (χ0) is 12.0. The van der Waals surface area contributed by atoms with Gasteiger partial charge in [0, 0.05) is 6.08 Å². The van der Waals surface area contributed by atoms with Gasteiger partial charge in [0.05, 0.1) is 7.11 Å². The SMILES string of the molecule is COc1cc(/C=C/C(=O)OC#N)ccc1O. The number of carbonyl (C=O) groups excluding carboxylic acids is 1. The number of esters is 1. The summed E-state index contributed by atoms with van der Waals surface area (Å²) in [7, 11) is 1.42. The van der Waals surface area contributed by atoms with Crippen LogP contribution in [0.3, 0.4) is 0 Å². The van der Waals surface area contributed by atoms with Gasteiger partial charge in [-0.05, 0) is 23.8 Å². The second-order valence-corrected chi connectivity index (χ2v) is 2.78. The first-order valence-electron chi connectivity index (χ1n) is 4.32. The van der Waals surface area contributed by atoms with Gasteiger partial charge in [-0.1, -0.05) is 6.07 Å². The molecule has 0 saturated heterocycles. The minimum absolute atomic E-state index is 0.0132. The van der Waals surface area contributed by atoms with Crippen molar-refractivity contribution in [2.24, 2.45) is 0 Å². The zero-order valence-electron chi connectivity index (χ0n) is 8.51. The molecule has 1 aromatic rings. The van der Waals surface area contributed by atoms with Crippen LogP contribution < -0.4 is 4.74 Å². The van der Waals surface area contributed by atoms with Gasteiger partial charge >= 0.3 is 5.97 Å². The van der Waals surface area contributed by atoms with Crippen molar-refractivity contribution in [3.05, 3.63) is 29.8 Å². The van der Waals surface area contributed by atoms with Crippen molar-refractivity contribution >= 4 is 12.0 Å². The van der Waals surface area contributed by atoms with E-state index in [1.165, 1.54) is 25.5 Å². The van der Waals surface area contributed by atoms with E-state index in [4.69, 9.17) is 10.00 Å². The number of rotatable bonds is 3. The van der Waals surface area contributed by atoms with Crippen molar-refractivity contribution in [3.8, 4) is 17.8 Å². The van der Waals surface area contributed by atoms with Gasteiger partial charge in [0.2, 0.25) is 0 Å². The summed E-state index contributed by atoms with van der Waals surface area (Å²) < 4.78 is 8.93. The van der Waals surface area contributed by atoms with Crippen LogP contribution in [-0.2, 0) is 9.53 Å². The van der Waals surface area contributed by atoms with Crippen LogP contribution in [0, 0.1) is 11.5 Å². The molecule has 0 saturated carbocycles. The summed E-state index contributed by atoms with van der Waals surface area (Å²) in [5.41, 5.74) is 0.643. The Bertz CT molecular complexity index is 460. The van der Waals surface area contributed by atoms with E-state index >= 15 is 0 Å². The number of hydrogen-bond acceptors (Lipinski definition) is 5. The van der Waals surface area contributed by atoms with E-state index in [9.17, 15) is 9.90 Å². The number of benzene rings is 1. The molecular formula is C11H9NO4. The molecule has 16 heavy (non-hydrogen) atoms. The average Bonchev–Trinajstić information content (AvgIpc) is 2.28. The van der Waals surface area contributed by atoms with Crippen molar-refractivity contribution in [2.45, 2.75) is 0 Å². The van der Waals surface area contributed by atoms with Gasteiger partial charge in [0.25, 0.3) is 6.26 Å². The van der Waals surface area contributed by atoms with E-state index in [1.54, 1.807) is 12.1 Å². The molecule has 0 radical (unpaired) electrons. The highest BCUT2D eigenvalue weighted by Gasteiger charge is 2.01. The lowest BCUT2D eigenvalue weighted by atomic mass is 10.2. The summed E-state index contributed by atoms with van der Waals surface area (Å²) in [6.07, 6.45) is 3.82. The number of ether oxygens (including phenoxy) is 2. The fourth-order valence-electron chi connectivity index (χ4n) is 1.04. The maximum Gasteiger partial charge on any atom is 0.346 e. The number of nitriles is 1. The first-order chi connectivity index (χ1) is 7.67. The smallest absolute Gasteiger partial charge is 0.346 e. The van der Waals surface area contributed by atoms with Gasteiger partial charge in [-0.3, -0.25) is 0 Å². The third-order valence-electron chi connectivity index (χ3n) is 1.76. The minimum atomic E-state index is -0.755. The van der Waals surface area contributed by atoms with Gasteiger partial charge in [-0.25, -0.2) is 4.79 Å². The van der Waals surface area contributed by atoms with Crippen LogP contribution >= 0.6 is 0 Å². The van der Waals surface area contributed by atoms with Crippen LogP contribution in [0.4, 0.5) is 0 Å². The van der Waals surface area contributed by atoms with E-state index in [2.05, 4.69) is 4.74 Å². The standard InChI is InChI=1S/C11H9NO4/c1-15-10-6-8(2-4-9(10)13)3-5-11(14)16-7-12/h2-6,13H,1H3/b5-3+. The third-order valence-corrected chi connectivity index (χ3v) is 1.76. The Kier molecular flexibility index (Phi) is 3.92. The van der Waals surface area contributed by atoms with Crippen LogP contribution in [0.15, 0.2) is 24.3 Å². The fraction of sp³-hybridized carbons (Fsp3) is 0.0909. The van der Waals surface area contributed by atoms with Crippen LogP contribution in [-0.4, -0.2) is 18.2 Å². The number of carbonyl (C=O) groups is 1. The molecule has 0 unspecified atom stereocenters. The number of methoxy groups -OCH3 is 1. The van der Waals surface area contributed by atoms with Gasteiger partial charge in [-0.2, -0.15) is 0 Å².